The predicted octanol–water partition coefficient (Wildman–Crippen LogP) is 0.356. The Morgan fingerprint density at radius 1 is 1.47 bits per heavy atom. The van der Waals surface area contributed by atoms with Gasteiger partial charge in [0.2, 0.25) is 0 Å². The molecule has 4 N–H and O–H groups in total. The molecular formula is C9H10N4O2. The Hall–Kier alpha value is -2.24. The third kappa shape index (κ3) is 1.69. The van der Waals surface area contributed by atoms with Gasteiger partial charge in [-0.3, -0.25) is 4.98 Å². The van der Waals surface area contributed by atoms with E-state index in [1.54, 1.807) is 18.2 Å². The van der Waals surface area contributed by atoms with Crippen molar-refractivity contribution >= 4 is 5.69 Å². The van der Waals surface area contributed by atoms with Gasteiger partial charge in [-0.15, -0.1) is 0 Å². The van der Waals surface area contributed by atoms with Gasteiger partial charge in [0.05, 0.1) is 12.7 Å². The first-order valence-electron chi connectivity index (χ1n) is 4.29. The van der Waals surface area contributed by atoms with Crippen LogP contribution >= 0.6 is 0 Å². The van der Waals surface area contributed by atoms with Crippen molar-refractivity contribution in [3.05, 3.63) is 28.7 Å². The first-order valence-corrected chi connectivity index (χ1v) is 4.29. The van der Waals surface area contributed by atoms with Gasteiger partial charge in [0.1, 0.15) is 5.75 Å². The predicted molar refractivity (Wildman–Crippen MR) is 55.6 cm³/mol. The summed E-state index contributed by atoms with van der Waals surface area (Å²) in [4.78, 5) is 13.4. The van der Waals surface area contributed by atoms with E-state index in [4.69, 9.17) is 10.5 Å². The molecule has 0 aliphatic heterocycles. The molecule has 78 valence electrons. The highest BCUT2D eigenvalue weighted by molar-refractivity contribution is 5.67. The second kappa shape index (κ2) is 3.49. The fourth-order valence-electron chi connectivity index (χ4n) is 1.30. The van der Waals surface area contributed by atoms with Gasteiger partial charge in [0, 0.05) is 11.8 Å². The third-order valence-electron chi connectivity index (χ3n) is 1.98. The lowest BCUT2D eigenvalue weighted by atomic mass is 10.1. The van der Waals surface area contributed by atoms with Crippen molar-refractivity contribution in [2.24, 2.45) is 0 Å². The summed E-state index contributed by atoms with van der Waals surface area (Å²) < 4.78 is 5.13. The molecule has 2 aromatic rings. The minimum Gasteiger partial charge on any atom is -0.496 e. The monoisotopic (exact) mass is 206 g/mol. The lowest BCUT2D eigenvalue weighted by Gasteiger charge is -2.05. The Morgan fingerprint density at radius 3 is 2.87 bits per heavy atom. The Kier molecular flexibility index (Phi) is 2.17. The second-order valence-electron chi connectivity index (χ2n) is 2.99. The number of rotatable bonds is 2. The van der Waals surface area contributed by atoms with Gasteiger partial charge < -0.3 is 10.5 Å². The molecule has 0 atom stereocenters. The number of benzene rings is 1. The van der Waals surface area contributed by atoms with E-state index in [0.717, 1.165) is 0 Å². The fourth-order valence-corrected chi connectivity index (χ4v) is 1.30. The topological polar surface area (TPSA) is 96.8 Å². The number of nitrogens with one attached hydrogen (secondary N) is 2. The first-order chi connectivity index (χ1) is 7.20. The van der Waals surface area contributed by atoms with Crippen molar-refractivity contribution < 1.29 is 4.74 Å². The van der Waals surface area contributed by atoms with Gasteiger partial charge in [-0.05, 0) is 12.1 Å². The number of ether oxygens (including phenoxy) is 1. The molecule has 0 amide bonds. The van der Waals surface area contributed by atoms with Crippen LogP contribution in [0.15, 0.2) is 23.0 Å². The standard InChI is InChI=1S/C9H10N4O2/c1-15-7-4-5(10)2-3-6(7)8-11-9(14)13-12-8/h2-4H,10H2,1H3,(H2,11,12,13,14). The zero-order valence-electron chi connectivity index (χ0n) is 8.07. The number of nitrogens with two attached hydrogens (primary N) is 1. The minimum absolute atomic E-state index is 0.358. The van der Waals surface area contributed by atoms with E-state index < -0.39 is 0 Å². The molecule has 1 aromatic heterocycles. The van der Waals surface area contributed by atoms with Crippen LogP contribution in [0.2, 0.25) is 0 Å². The van der Waals surface area contributed by atoms with Gasteiger partial charge in [-0.25, -0.2) is 9.89 Å². The number of H-pyrrole nitrogens is 2. The van der Waals surface area contributed by atoms with Crippen LogP contribution in [0.1, 0.15) is 0 Å². The maximum absolute atomic E-state index is 10.9. The molecule has 0 unspecified atom stereocenters. The molecular weight excluding hydrogens is 196 g/mol. The summed E-state index contributed by atoms with van der Waals surface area (Å²) >= 11 is 0. The van der Waals surface area contributed by atoms with Crippen LogP contribution in [-0.4, -0.2) is 22.3 Å². The molecule has 0 saturated carbocycles. The number of hydrogen-bond acceptors (Lipinski definition) is 4. The van der Waals surface area contributed by atoms with Gasteiger partial charge in [0.15, 0.2) is 5.82 Å². The summed E-state index contributed by atoms with van der Waals surface area (Å²) in [6.45, 7) is 0. The number of nitrogens with zero attached hydrogens (tertiary/aromatic N) is 1. The molecule has 0 aliphatic carbocycles. The number of methoxy groups -OCH3 is 1. The zero-order chi connectivity index (χ0) is 10.8. The van der Waals surface area contributed by atoms with E-state index in [0.29, 0.717) is 22.8 Å². The highest BCUT2D eigenvalue weighted by atomic mass is 16.5. The van der Waals surface area contributed by atoms with Crippen LogP contribution in [0.5, 0.6) is 5.75 Å². The van der Waals surface area contributed by atoms with Crippen LogP contribution in [0.25, 0.3) is 11.4 Å². The summed E-state index contributed by atoms with van der Waals surface area (Å²) in [7, 11) is 1.53. The van der Waals surface area contributed by atoms with Crippen molar-refractivity contribution in [3.63, 3.8) is 0 Å². The molecule has 6 nitrogen and oxygen atoms in total. The number of anilines is 1. The van der Waals surface area contributed by atoms with E-state index in [9.17, 15) is 4.79 Å². The van der Waals surface area contributed by atoms with Gasteiger partial charge >= 0.3 is 5.69 Å². The summed E-state index contributed by atoms with van der Waals surface area (Å²) in [5, 5.41) is 6.10. The molecule has 1 aromatic carbocycles. The number of hydrogen-bond donors (Lipinski definition) is 3. The van der Waals surface area contributed by atoms with Crippen LogP contribution in [0.3, 0.4) is 0 Å². The smallest absolute Gasteiger partial charge is 0.340 e. The average molecular weight is 206 g/mol. The minimum atomic E-state index is -0.358. The Morgan fingerprint density at radius 2 is 2.27 bits per heavy atom. The SMILES string of the molecule is COc1cc(N)ccc1-c1n[nH]c(=O)[nH]1. The van der Waals surface area contributed by atoms with Crippen molar-refractivity contribution in [3.8, 4) is 17.1 Å². The summed E-state index contributed by atoms with van der Waals surface area (Å²) in [5.41, 5.74) is 6.53. The molecule has 2 rings (SSSR count). The van der Waals surface area contributed by atoms with E-state index in [1.165, 1.54) is 7.11 Å². The van der Waals surface area contributed by atoms with Crippen LogP contribution in [0.4, 0.5) is 5.69 Å². The summed E-state index contributed by atoms with van der Waals surface area (Å²) in [6.07, 6.45) is 0. The zero-order valence-corrected chi connectivity index (χ0v) is 8.07. The van der Waals surface area contributed by atoms with Crippen molar-refractivity contribution in [2.75, 3.05) is 12.8 Å². The molecule has 15 heavy (non-hydrogen) atoms. The highest BCUT2D eigenvalue weighted by Crippen LogP contribution is 2.28. The van der Waals surface area contributed by atoms with Crippen LogP contribution in [0, 0.1) is 0 Å². The van der Waals surface area contributed by atoms with Gasteiger partial charge in [0.25, 0.3) is 0 Å². The summed E-state index contributed by atoms with van der Waals surface area (Å²) in [5.74, 6) is 0.995. The Bertz CT molecular complexity index is 529. The molecule has 0 saturated heterocycles. The van der Waals surface area contributed by atoms with E-state index in [1.807, 2.05) is 0 Å². The number of nitrogen functional groups attached to an aromatic ring is 1. The first kappa shape index (κ1) is 9.32. The van der Waals surface area contributed by atoms with Crippen LogP contribution in [-0.2, 0) is 0 Å². The van der Waals surface area contributed by atoms with Crippen molar-refractivity contribution in [1.29, 1.82) is 0 Å². The van der Waals surface area contributed by atoms with E-state index in [2.05, 4.69) is 15.2 Å². The number of aromatic amines is 2. The molecule has 0 bridgehead atoms. The molecule has 1 heterocycles. The maximum atomic E-state index is 10.9. The lowest BCUT2D eigenvalue weighted by molar-refractivity contribution is 0.416. The van der Waals surface area contributed by atoms with Gasteiger partial charge in [-0.2, -0.15) is 5.10 Å². The van der Waals surface area contributed by atoms with Gasteiger partial charge in [-0.1, -0.05) is 0 Å². The largest absolute Gasteiger partial charge is 0.496 e. The van der Waals surface area contributed by atoms with E-state index in [-0.39, 0.29) is 5.69 Å². The quantitative estimate of drug-likeness (QED) is 0.618. The molecule has 6 heteroatoms. The van der Waals surface area contributed by atoms with E-state index >= 15 is 0 Å². The molecule has 0 aliphatic rings. The lowest BCUT2D eigenvalue weighted by Crippen LogP contribution is -2.00. The maximum Gasteiger partial charge on any atom is 0.340 e. The molecule has 0 fully saturated rings. The van der Waals surface area contributed by atoms with Crippen LogP contribution < -0.4 is 16.2 Å². The summed E-state index contributed by atoms with van der Waals surface area (Å²) in [6, 6.07) is 5.12. The van der Waals surface area contributed by atoms with Crippen molar-refractivity contribution in [2.45, 2.75) is 0 Å². The Labute approximate surface area is 85.1 Å². The average Bonchev–Trinajstić information content (AvgIpc) is 2.64. The Balaban J connectivity index is 2.57. The third-order valence-corrected chi connectivity index (χ3v) is 1.98. The second-order valence-corrected chi connectivity index (χ2v) is 2.99. The fraction of sp³-hybridized carbons (Fsp3) is 0.111. The molecule has 0 radical (unpaired) electrons. The normalized spacial score (nSPS) is 10.2. The van der Waals surface area contributed by atoms with Crippen molar-refractivity contribution in [1.82, 2.24) is 15.2 Å². The molecule has 0 spiro atoms. The number of aromatic nitrogens is 3. The highest BCUT2D eigenvalue weighted by Gasteiger charge is 2.09.